The van der Waals surface area contributed by atoms with Gasteiger partial charge in [0.05, 0.1) is 23.8 Å². The molecule has 0 spiro atoms. The summed E-state index contributed by atoms with van der Waals surface area (Å²) in [4.78, 5) is 15.3. The van der Waals surface area contributed by atoms with Gasteiger partial charge in [-0.1, -0.05) is 0 Å². The van der Waals surface area contributed by atoms with Crippen LogP contribution in [0.15, 0.2) is 29.1 Å². The van der Waals surface area contributed by atoms with E-state index in [9.17, 15) is 31.1 Å². The molecule has 0 aliphatic carbocycles. The molecule has 0 amide bonds. The van der Waals surface area contributed by atoms with Crippen molar-refractivity contribution in [3.63, 3.8) is 0 Å². The molecule has 9 heteroatoms. The maximum Gasteiger partial charge on any atom is 0.416 e. The topological polar surface area (TPSA) is 45.2 Å². The zero-order valence-corrected chi connectivity index (χ0v) is 12.4. The summed E-state index contributed by atoms with van der Waals surface area (Å²) < 4.78 is 78.5. The third kappa shape index (κ3) is 2.49. The van der Waals surface area contributed by atoms with Crippen molar-refractivity contribution in [2.24, 2.45) is 0 Å². The number of halogens is 6. The van der Waals surface area contributed by atoms with Crippen LogP contribution in [0, 0.1) is 17.9 Å². The Labute approximate surface area is 140 Å². The van der Waals surface area contributed by atoms with E-state index >= 15 is 0 Å². The van der Waals surface area contributed by atoms with E-state index in [-0.39, 0.29) is 10.8 Å². The Morgan fingerprint density at radius 1 is 0.962 bits per heavy atom. The van der Waals surface area contributed by atoms with Gasteiger partial charge in [0.15, 0.2) is 5.43 Å². The SMILES string of the molecule is [C-]#[N+]C(C#N)=c1c(=O)c2cc(C(F)(F)F)cc3cc(C(F)(F)F)cc1c32. The van der Waals surface area contributed by atoms with Gasteiger partial charge in [-0.15, -0.1) is 0 Å². The average molecular weight is 366 g/mol. The Hall–Kier alpha value is -3.33. The molecule has 0 saturated heterocycles. The van der Waals surface area contributed by atoms with Crippen molar-refractivity contribution in [1.82, 2.24) is 0 Å². The van der Waals surface area contributed by atoms with Crippen LogP contribution in [0.4, 0.5) is 26.3 Å². The molecule has 0 N–H and O–H groups in total. The molecular weight excluding hydrogens is 362 g/mol. The van der Waals surface area contributed by atoms with Crippen LogP contribution >= 0.6 is 0 Å². The molecule has 3 nitrogen and oxygen atoms in total. The molecule has 0 aromatic heterocycles. The van der Waals surface area contributed by atoms with Gasteiger partial charge in [0.2, 0.25) is 0 Å². The van der Waals surface area contributed by atoms with Crippen LogP contribution in [0.1, 0.15) is 11.1 Å². The Bertz CT molecular complexity index is 1220. The van der Waals surface area contributed by atoms with Crippen LogP contribution < -0.4 is 10.6 Å². The fourth-order valence-corrected chi connectivity index (χ4v) is 2.85. The summed E-state index contributed by atoms with van der Waals surface area (Å²) in [6.45, 7) is 6.92. The van der Waals surface area contributed by atoms with Crippen LogP contribution in [-0.4, -0.2) is 0 Å². The van der Waals surface area contributed by atoms with Crippen LogP contribution in [0.25, 0.3) is 32.1 Å². The lowest BCUT2D eigenvalue weighted by atomic mass is 10.00. The molecule has 3 aromatic rings. The fourth-order valence-electron chi connectivity index (χ4n) is 2.85. The zero-order valence-electron chi connectivity index (χ0n) is 12.4. The molecule has 0 bridgehead atoms. The Kier molecular flexibility index (Phi) is 3.59. The molecule has 0 fully saturated rings. The highest BCUT2D eigenvalue weighted by Gasteiger charge is 2.35. The minimum absolute atomic E-state index is 0.137. The van der Waals surface area contributed by atoms with Gasteiger partial charge < -0.3 is 0 Å². The van der Waals surface area contributed by atoms with E-state index in [4.69, 9.17) is 11.8 Å². The molecule has 130 valence electrons. The molecule has 0 atom stereocenters. The van der Waals surface area contributed by atoms with E-state index in [0.29, 0.717) is 24.3 Å². The van der Waals surface area contributed by atoms with Crippen LogP contribution in [0.2, 0.25) is 0 Å². The maximum absolute atomic E-state index is 13.1. The van der Waals surface area contributed by atoms with Crippen molar-refractivity contribution >= 4 is 27.2 Å². The molecule has 3 rings (SSSR count). The molecule has 0 aliphatic heterocycles. The van der Waals surface area contributed by atoms with E-state index in [2.05, 4.69) is 4.85 Å². The number of benzene rings is 2. The number of hydrogen-bond donors (Lipinski definition) is 0. The van der Waals surface area contributed by atoms with Crippen molar-refractivity contribution in [1.29, 1.82) is 5.26 Å². The minimum Gasteiger partial charge on any atom is -0.290 e. The lowest BCUT2D eigenvalue weighted by Gasteiger charge is -2.11. The summed E-state index contributed by atoms with van der Waals surface area (Å²) in [6.07, 6.45) is -9.77. The first kappa shape index (κ1) is 17.5. The molecule has 0 radical (unpaired) electrons. The molecule has 3 aromatic carbocycles. The van der Waals surface area contributed by atoms with E-state index in [1.54, 1.807) is 0 Å². The first-order valence-electron chi connectivity index (χ1n) is 6.82. The van der Waals surface area contributed by atoms with Crippen LogP contribution in [0.5, 0.6) is 0 Å². The van der Waals surface area contributed by atoms with Crippen LogP contribution in [0.3, 0.4) is 0 Å². The van der Waals surface area contributed by atoms with Crippen LogP contribution in [-0.2, 0) is 12.4 Å². The first-order valence-corrected chi connectivity index (χ1v) is 6.82. The van der Waals surface area contributed by atoms with E-state index < -0.39 is 50.6 Å². The quantitative estimate of drug-likeness (QED) is 0.444. The number of hydrogen-bond acceptors (Lipinski definition) is 2. The largest absolute Gasteiger partial charge is 0.416 e. The molecule has 26 heavy (non-hydrogen) atoms. The number of alkyl halides is 6. The highest BCUT2D eigenvalue weighted by molar-refractivity contribution is 6.13. The van der Waals surface area contributed by atoms with Crippen molar-refractivity contribution in [3.8, 4) is 6.07 Å². The number of nitriles is 1. The number of nitrogens with zero attached hydrogens (tertiary/aromatic N) is 2. The second-order valence-corrected chi connectivity index (χ2v) is 5.42. The van der Waals surface area contributed by atoms with Gasteiger partial charge >= 0.3 is 12.4 Å². The van der Waals surface area contributed by atoms with Crippen molar-refractivity contribution in [3.05, 3.63) is 62.3 Å². The predicted molar refractivity (Wildman–Crippen MR) is 79.8 cm³/mol. The lowest BCUT2D eigenvalue weighted by Crippen LogP contribution is -2.21. The van der Waals surface area contributed by atoms with Gasteiger partial charge in [-0.05, 0) is 40.4 Å². The van der Waals surface area contributed by atoms with Gasteiger partial charge in [0.1, 0.15) is 0 Å². The zero-order chi connectivity index (χ0) is 19.4. The summed E-state index contributed by atoms with van der Waals surface area (Å²) in [7, 11) is 0. The van der Waals surface area contributed by atoms with Gasteiger partial charge in [-0.3, -0.25) is 4.79 Å². The summed E-state index contributed by atoms with van der Waals surface area (Å²) in [5, 5.41) is 6.94. The Balaban J connectivity index is 2.71. The highest BCUT2D eigenvalue weighted by atomic mass is 19.4. The van der Waals surface area contributed by atoms with E-state index in [0.717, 1.165) is 0 Å². The highest BCUT2D eigenvalue weighted by Crippen LogP contribution is 2.38. The van der Waals surface area contributed by atoms with E-state index in [1.165, 1.54) is 6.07 Å². The third-order valence-corrected chi connectivity index (χ3v) is 3.90. The minimum atomic E-state index is -4.89. The fraction of sp³-hybridized carbons (Fsp3) is 0.118. The Morgan fingerprint density at radius 2 is 1.46 bits per heavy atom. The third-order valence-electron chi connectivity index (χ3n) is 3.90. The summed E-state index contributed by atoms with van der Waals surface area (Å²) in [6, 6.07) is 3.52. The summed E-state index contributed by atoms with van der Waals surface area (Å²) in [5.41, 5.74) is -4.43. The van der Waals surface area contributed by atoms with Gasteiger partial charge in [-0.25, -0.2) is 10.1 Å². The molecule has 0 aliphatic rings. The second kappa shape index (κ2) is 5.33. The molecule has 0 heterocycles. The van der Waals surface area contributed by atoms with Gasteiger partial charge in [0, 0.05) is 10.6 Å². The maximum atomic E-state index is 13.1. The Morgan fingerprint density at radius 3 is 1.88 bits per heavy atom. The monoisotopic (exact) mass is 366 g/mol. The molecule has 0 unspecified atom stereocenters. The van der Waals surface area contributed by atoms with Crippen molar-refractivity contribution in [2.45, 2.75) is 12.4 Å². The number of rotatable bonds is 0. The summed E-state index contributed by atoms with van der Waals surface area (Å²) >= 11 is 0. The first-order chi connectivity index (χ1) is 12.0. The molecular formula is C17H4F6N2O. The molecule has 0 saturated carbocycles. The van der Waals surface area contributed by atoms with Gasteiger partial charge in [0.25, 0.3) is 5.70 Å². The average Bonchev–Trinajstić information content (AvgIpc) is 2.81. The van der Waals surface area contributed by atoms with Gasteiger partial charge in [-0.2, -0.15) is 26.3 Å². The summed E-state index contributed by atoms with van der Waals surface area (Å²) in [5.74, 6) is 0. The van der Waals surface area contributed by atoms with Crippen molar-refractivity contribution < 1.29 is 26.3 Å². The lowest BCUT2D eigenvalue weighted by molar-refractivity contribution is -0.137. The smallest absolute Gasteiger partial charge is 0.290 e. The normalized spacial score (nSPS) is 13.7. The van der Waals surface area contributed by atoms with E-state index in [1.807, 2.05) is 0 Å². The van der Waals surface area contributed by atoms with Crippen molar-refractivity contribution in [2.75, 3.05) is 0 Å². The second-order valence-electron chi connectivity index (χ2n) is 5.42. The standard InChI is InChI=1S/C17H4F6N2O/c1-25-12(6-24)14-10-4-8(16(18,19)20)2-7-3-9(17(21,22)23)5-11(13(7)10)15(14)26/h2-5H. The predicted octanol–water partition coefficient (Wildman–Crippen LogP) is 4.10.